The maximum atomic E-state index is 13.6. The standard InChI is InChI=1S/C16H14ClF2NOS/c1-2-15(22-12-6-3-10(17)4-7-12)16(21)20-14-8-5-11(18)9-13(14)19/h3-9,15H,2H2,1H3,(H,20,21)/t15-/m0/s1. The highest BCUT2D eigenvalue weighted by Gasteiger charge is 2.19. The van der Waals surface area contributed by atoms with E-state index in [1.807, 2.05) is 19.1 Å². The minimum absolute atomic E-state index is 0.0263. The van der Waals surface area contributed by atoms with E-state index >= 15 is 0 Å². The zero-order valence-electron chi connectivity index (χ0n) is 11.8. The topological polar surface area (TPSA) is 29.1 Å². The zero-order valence-corrected chi connectivity index (χ0v) is 13.3. The molecule has 0 aliphatic heterocycles. The third-order valence-corrected chi connectivity index (χ3v) is 4.57. The molecule has 1 atom stereocenters. The molecule has 2 aromatic rings. The molecule has 0 saturated carbocycles. The summed E-state index contributed by atoms with van der Waals surface area (Å²) in [5, 5.41) is 2.73. The lowest BCUT2D eigenvalue weighted by Crippen LogP contribution is -2.25. The number of hydrogen-bond donors (Lipinski definition) is 1. The number of anilines is 1. The van der Waals surface area contributed by atoms with Gasteiger partial charge < -0.3 is 5.32 Å². The Kier molecular flexibility index (Phi) is 5.80. The van der Waals surface area contributed by atoms with Gasteiger partial charge in [-0.2, -0.15) is 0 Å². The zero-order chi connectivity index (χ0) is 16.1. The lowest BCUT2D eigenvalue weighted by Gasteiger charge is -2.15. The monoisotopic (exact) mass is 341 g/mol. The molecule has 2 aromatic carbocycles. The molecular weight excluding hydrogens is 328 g/mol. The van der Waals surface area contributed by atoms with Gasteiger partial charge in [-0.3, -0.25) is 4.79 Å². The predicted molar refractivity (Wildman–Crippen MR) is 86.4 cm³/mol. The quantitative estimate of drug-likeness (QED) is 0.764. The predicted octanol–water partition coefficient (Wildman–Crippen LogP) is 5.13. The maximum absolute atomic E-state index is 13.6. The van der Waals surface area contributed by atoms with Crippen molar-refractivity contribution in [2.24, 2.45) is 0 Å². The summed E-state index contributed by atoms with van der Waals surface area (Å²) in [4.78, 5) is 13.1. The molecule has 1 amide bonds. The van der Waals surface area contributed by atoms with Crippen LogP contribution in [0.4, 0.5) is 14.5 Å². The van der Waals surface area contributed by atoms with E-state index in [0.717, 1.165) is 17.0 Å². The van der Waals surface area contributed by atoms with Crippen molar-refractivity contribution in [2.45, 2.75) is 23.5 Å². The highest BCUT2D eigenvalue weighted by molar-refractivity contribution is 8.00. The van der Waals surface area contributed by atoms with Crippen LogP contribution >= 0.6 is 23.4 Å². The summed E-state index contributed by atoms with van der Waals surface area (Å²) in [6.45, 7) is 1.87. The molecule has 0 fully saturated rings. The summed E-state index contributed by atoms with van der Waals surface area (Å²) in [6, 6.07) is 10.2. The molecule has 0 bridgehead atoms. The lowest BCUT2D eigenvalue weighted by atomic mass is 10.2. The fraction of sp³-hybridized carbons (Fsp3) is 0.188. The molecule has 0 spiro atoms. The third kappa shape index (κ3) is 4.45. The van der Waals surface area contributed by atoms with Crippen LogP contribution in [0.5, 0.6) is 0 Å². The average molecular weight is 342 g/mol. The second-order valence-electron chi connectivity index (χ2n) is 4.58. The largest absolute Gasteiger partial charge is 0.323 e. The summed E-state index contributed by atoms with van der Waals surface area (Å²) < 4.78 is 26.4. The van der Waals surface area contributed by atoms with Crippen molar-refractivity contribution in [2.75, 3.05) is 5.32 Å². The summed E-state index contributed by atoms with van der Waals surface area (Å²) in [5.41, 5.74) is -0.0263. The molecular formula is C16H14ClF2NOS. The highest BCUT2D eigenvalue weighted by atomic mass is 35.5. The van der Waals surface area contributed by atoms with E-state index in [2.05, 4.69) is 5.32 Å². The van der Waals surface area contributed by atoms with Crippen molar-refractivity contribution < 1.29 is 13.6 Å². The number of halogens is 3. The van der Waals surface area contributed by atoms with Crippen molar-refractivity contribution in [1.29, 1.82) is 0 Å². The first-order chi connectivity index (χ1) is 10.5. The molecule has 2 rings (SSSR count). The highest BCUT2D eigenvalue weighted by Crippen LogP contribution is 2.28. The second-order valence-corrected chi connectivity index (χ2v) is 6.29. The SMILES string of the molecule is CC[C@H](Sc1ccc(Cl)cc1)C(=O)Nc1ccc(F)cc1F. The fourth-order valence-electron chi connectivity index (χ4n) is 1.80. The number of amides is 1. The van der Waals surface area contributed by atoms with Crippen LogP contribution in [0.1, 0.15) is 13.3 Å². The summed E-state index contributed by atoms with van der Waals surface area (Å²) in [7, 11) is 0. The Morgan fingerprint density at radius 3 is 2.50 bits per heavy atom. The van der Waals surface area contributed by atoms with Crippen LogP contribution in [0.15, 0.2) is 47.4 Å². The van der Waals surface area contributed by atoms with Crippen LogP contribution in [0.3, 0.4) is 0 Å². The Hall–Kier alpha value is -1.59. The van der Waals surface area contributed by atoms with Gasteiger partial charge in [-0.15, -0.1) is 11.8 Å². The van der Waals surface area contributed by atoms with Crippen molar-refractivity contribution in [3.8, 4) is 0 Å². The van der Waals surface area contributed by atoms with Crippen molar-refractivity contribution >= 4 is 35.0 Å². The van der Waals surface area contributed by atoms with Gasteiger partial charge in [-0.25, -0.2) is 8.78 Å². The smallest absolute Gasteiger partial charge is 0.237 e. The summed E-state index contributed by atoms with van der Waals surface area (Å²) >= 11 is 7.19. The second kappa shape index (κ2) is 7.61. The number of benzene rings is 2. The van der Waals surface area contributed by atoms with Crippen LogP contribution in [0.25, 0.3) is 0 Å². The van der Waals surface area contributed by atoms with E-state index in [9.17, 15) is 13.6 Å². The van der Waals surface area contributed by atoms with Crippen molar-refractivity contribution in [3.63, 3.8) is 0 Å². The third-order valence-electron chi connectivity index (χ3n) is 2.94. The Labute approximate surface area is 136 Å². The van der Waals surface area contributed by atoms with E-state index in [4.69, 9.17) is 11.6 Å². The van der Waals surface area contributed by atoms with Crippen LogP contribution in [-0.2, 0) is 4.79 Å². The number of hydrogen-bond acceptors (Lipinski definition) is 2. The van der Waals surface area contributed by atoms with E-state index in [0.29, 0.717) is 11.4 Å². The van der Waals surface area contributed by atoms with Gasteiger partial charge >= 0.3 is 0 Å². The first-order valence-corrected chi connectivity index (χ1v) is 7.93. The normalized spacial score (nSPS) is 12.0. The van der Waals surface area contributed by atoms with Gasteiger partial charge in [0.2, 0.25) is 5.91 Å². The Morgan fingerprint density at radius 1 is 1.23 bits per heavy atom. The Morgan fingerprint density at radius 2 is 1.91 bits per heavy atom. The van der Waals surface area contributed by atoms with E-state index in [1.165, 1.54) is 17.8 Å². The van der Waals surface area contributed by atoms with Crippen LogP contribution in [0, 0.1) is 11.6 Å². The molecule has 0 radical (unpaired) electrons. The first kappa shape index (κ1) is 16.8. The lowest BCUT2D eigenvalue weighted by molar-refractivity contribution is -0.115. The Balaban J connectivity index is 2.06. The first-order valence-electron chi connectivity index (χ1n) is 6.67. The Bertz CT molecular complexity index is 664. The van der Waals surface area contributed by atoms with Crippen LogP contribution < -0.4 is 5.32 Å². The molecule has 1 N–H and O–H groups in total. The summed E-state index contributed by atoms with van der Waals surface area (Å²) in [5.74, 6) is -1.80. The van der Waals surface area contributed by atoms with Gasteiger partial charge in [0.15, 0.2) is 0 Å². The number of nitrogens with one attached hydrogen (secondary N) is 1. The number of rotatable bonds is 5. The molecule has 0 aliphatic carbocycles. The van der Waals surface area contributed by atoms with Crippen molar-refractivity contribution in [3.05, 3.63) is 59.1 Å². The van der Waals surface area contributed by atoms with Gasteiger partial charge in [0.05, 0.1) is 10.9 Å². The van der Waals surface area contributed by atoms with E-state index < -0.39 is 11.6 Å². The average Bonchev–Trinajstić information content (AvgIpc) is 2.49. The van der Waals surface area contributed by atoms with Crippen LogP contribution in [0.2, 0.25) is 5.02 Å². The van der Waals surface area contributed by atoms with E-state index in [-0.39, 0.29) is 16.8 Å². The molecule has 0 aromatic heterocycles. The van der Waals surface area contributed by atoms with Crippen molar-refractivity contribution in [1.82, 2.24) is 0 Å². The molecule has 6 heteroatoms. The molecule has 0 saturated heterocycles. The van der Waals surface area contributed by atoms with Crippen LogP contribution in [-0.4, -0.2) is 11.2 Å². The van der Waals surface area contributed by atoms with Gasteiger partial charge in [-0.05, 0) is 42.8 Å². The molecule has 0 heterocycles. The minimum atomic E-state index is -0.792. The fourth-order valence-corrected chi connectivity index (χ4v) is 2.88. The number of carbonyl (C=O) groups excluding carboxylic acids is 1. The number of carbonyl (C=O) groups is 1. The van der Waals surface area contributed by atoms with Gasteiger partial charge in [0.1, 0.15) is 11.6 Å². The minimum Gasteiger partial charge on any atom is -0.323 e. The molecule has 2 nitrogen and oxygen atoms in total. The molecule has 116 valence electrons. The molecule has 22 heavy (non-hydrogen) atoms. The van der Waals surface area contributed by atoms with Gasteiger partial charge in [-0.1, -0.05) is 18.5 Å². The number of thioether (sulfide) groups is 1. The molecule has 0 unspecified atom stereocenters. The summed E-state index contributed by atoms with van der Waals surface area (Å²) in [6.07, 6.45) is 0.571. The maximum Gasteiger partial charge on any atom is 0.237 e. The van der Waals surface area contributed by atoms with E-state index in [1.54, 1.807) is 12.1 Å². The van der Waals surface area contributed by atoms with Gasteiger partial charge in [0, 0.05) is 16.0 Å². The molecule has 0 aliphatic rings. The van der Waals surface area contributed by atoms with Gasteiger partial charge in [0.25, 0.3) is 0 Å².